The second kappa shape index (κ2) is 15.8. The number of amides is 1. The Hall–Kier alpha value is -0.970. The van der Waals surface area contributed by atoms with Gasteiger partial charge in [-0.25, -0.2) is 0 Å². The van der Waals surface area contributed by atoms with Crippen LogP contribution in [0.3, 0.4) is 0 Å². The van der Waals surface area contributed by atoms with Gasteiger partial charge in [0.05, 0.1) is 13.2 Å². The highest BCUT2D eigenvalue weighted by molar-refractivity contribution is 5.81. The standard InChI is InChI=1S/C20H40N2O11/c21-7-5-3-1-2-4-6-8-22-19(31)16(29)15(28)18(11(25)9-23)33-20-17(30)14(27)13(26)12(10-24)32-20/h11-18,20,23-30H,1-10,21H2,(H,22,31)/t11-,12?,13-,14?,15-,16-,17?,18+,20-/m1/s1. The van der Waals surface area contributed by atoms with Gasteiger partial charge in [-0.05, 0) is 19.4 Å². The van der Waals surface area contributed by atoms with Crippen LogP contribution in [0.2, 0.25) is 0 Å². The van der Waals surface area contributed by atoms with Gasteiger partial charge >= 0.3 is 0 Å². The summed E-state index contributed by atoms with van der Waals surface area (Å²) in [6.45, 7) is -0.765. The molecule has 0 aromatic heterocycles. The van der Waals surface area contributed by atoms with Gasteiger partial charge in [0.25, 0.3) is 5.91 Å². The molecule has 1 amide bonds. The molecule has 9 atom stereocenters. The minimum Gasteiger partial charge on any atom is -0.394 e. The molecule has 1 rings (SSSR count). The van der Waals surface area contributed by atoms with Crippen LogP contribution in [0, 0.1) is 0 Å². The van der Waals surface area contributed by atoms with Crippen molar-refractivity contribution in [2.45, 2.75) is 93.6 Å². The molecule has 1 saturated heterocycles. The van der Waals surface area contributed by atoms with E-state index in [9.17, 15) is 45.6 Å². The van der Waals surface area contributed by atoms with Gasteiger partial charge in [0.15, 0.2) is 12.4 Å². The minimum absolute atomic E-state index is 0.250. The first-order chi connectivity index (χ1) is 15.7. The first kappa shape index (κ1) is 30.1. The molecule has 0 aliphatic carbocycles. The first-order valence-electron chi connectivity index (χ1n) is 11.3. The summed E-state index contributed by atoms with van der Waals surface area (Å²) in [6.07, 6.45) is -10.6. The Bertz CT molecular complexity index is 542. The maximum atomic E-state index is 12.2. The van der Waals surface area contributed by atoms with E-state index in [-0.39, 0.29) is 6.54 Å². The van der Waals surface area contributed by atoms with Gasteiger partial charge in [-0.15, -0.1) is 0 Å². The summed E-state index contributed by atoms with van der Waals surface area (Å²) < 4.78 is 10.4. The van der Waals surface area contributed by atoms with Crippen molar-refractivity contribution < 1.29 is 55.1 Å². The van der Waals surface area contributed by atoms with Gasteiger partial charge in [0.2, 0.25) is 0 Å². The Kier molecular flexibility index (Phi) is 14.4. The molecule has 3 unspecified atom stereocenters. The number of nitrogens with two attached hydrogens (primary N) is 1. The highest BCUT2D eigenvalue weighted by Crippen LogP contribution is 2.25. The molecule has 1 aliphatic heterocycles. The predicted octanol–water partition coefficient (Wildman–Crippen LogP) is -4.34. The molecule has 0 aromatic carbocycles. The quantitative estimate of drug-likeness (QED) is 0.0936. The van der Waals surface area contributed by atoms with Gasteiger partial charge in [0.1, 0.15) is 42.7 Å². The minimum atomic E-state index is -2.05. The van der Waals surface area contributed by atoms with Crippen LogP contribution in [-0.4, -0.2) is 128 Å². The van der Waals surface area contributed by atoms with E-state index in [2.05, 4.69) is 5.32 Å². The van der Waals surface area contributed by atoms with E-state index in [4.69, 9.17) is 15.2 Å². The number of aliphatic hydroxyl groups excluding tert-OH is 8. The summed E-state index contributed by atoms with van der Waals surface area (Å²) in [5.41, 5.74) is 5.43. The maximum absolute atomic E-state index is 12.2. The van der Waals surface area contributed by atoms with Crippen LogP contribution < -0.4 is 11.1 Å². The van der Waals surface area contributed by atoms with Gasteiger partial charge in [0, 0.05) is 6.54 Å². The summed E-state index contributed by atoms with van der Waals surface area (Å²) in [5.74, 6) is -0.932. The SMILES string of the molecule is NCCCCCCCCNC(=O)[C@H](O)[C@@H](O)[C@@H](O[C@H]1OC(CO)[C@@H](O)C(O)C1O)[C@H](O)CO. The van der Waals surface area contributed by atoms with Gasteiger partial charge in [-0.1, -0.05) is 25.7 Å². The van der Waals surface area contributed by atoms with Crippen molar-refractivity contribution in [1.29, 1.82) is 0 Å². The molecule has 0 saturated carbocycles. The molecular formula is C20H40N2O11. The molecular weight excluding hydrogens is 444 g/mol. The van der Waals surface area contributed by atoms with E-state index >= 15 is 0 Å². The summed E-state index contributed by atoms with van der Waals surface area (Å²) in [6, 6.07) is 0. The van der Waals surface area contributed by atoms with Crippen LogP contribution in [0.5, 0.6) is 0 Å². The van der Waals surface area contributed by atoms with E-state index in [1.807, 2.05) is 0 Å². The third kappa shape index (κ3) is 9.30. The summed E-state index contributed by atoms with van der Waals surface area (Å²) in [4.78, 5) is 12.2. The number of nitrogens with one attached hydrogen (secondary N) is 1. The van der Waals surface area contributed by atoms with E-state index in [1.54, 1.807) is 0 Å². The predicted molar refractivity (Wildman–Crippen MR) is 114 cm³/mol. The molecule has 0 spiro atoms. The van der Waals surface area contributed by atoms with E-state index in [0.717, 1.165) is 32.1 Å². The van der Waals surface area contributed by atoms with Crippen molar-refractivity contribution in [2.75, 3.05) is 26.3 Å². The zero-order valence-corrected chi connectivity index (χ0v) is 18.6. The molecule has 196 valence electrons. The Morgan fingerprint density at radius 2 is 1.55 bits per heavy atom. The molecule has 0 bridgehead atoms. The summed E-state index contributed by atoms with van der Waals surface area (Å²) in [5, 5.41) is 81.4. The van der Waals surface area contributed by atoms with Crippen molar-refractivity contribution in [1.82, 2.24) is 5.32 Å². The number of carbonyl (C=O) groups is 1. The monoisotopic (exact) mass is 484 g/mol. The van der Waals surface area contributed by atoms with Crippen LogP contribution in [-0.2, 0) is 14.3 Å². The smallest absolute Gasteiger partial charge is 0.251 e. The maximum Gasteiger partial charge on any atom is 0.251 e. The van der Waals surface area contributed by atoms with Crippen molar-refractivity contribution in [3.8, 4) is 0 Å². The molecule has 1 aliphatic rings. The van der Waals surface area contributed by atoms with Crippen molar-refractivity contribution in [3.05, 3.63) is 0 Å². The Labute approximate surface area is 192 Å². The fraction of sp³-hybridized carbons (Fsp3) is 0.950. The lowest BCUT2D eigenvalue weighted by Crippen LogP contribution is -2.62. The molecule has 0 radical (unpaired) electrons. The van der Waals surface area contributed by atoms with Crippen LogP contribution in [0.4, 0.5) is 0 Å². The van der Waals surface area contributed by atoms with E-state index < -0.39 is 74.2 Å². The summed E-state index contributed by atoms with van der Waals surface area (Å²) in [7, 11) is 0. The zero-order chi connectivity index (χ0) is 25.0. The Morgan fingerprint density at radius 1 is 0.939 bits per heavy atom. The largest absolute Gasteiger partial charge is 0.394 e. The highest BCUT2D eigenvalue weighted by atomic mass is 16.7. The van der Waals surface area contributed by atoms with Crippen LogP contribution in [0.1, 0.15) is 38.5 Å². The van der Waals surface area contributed by atoms with E-state index in [1.165, 1.54) is 0 Å². The Balaban J connectivity index is 2.63. The number of hydrogen-bond acceptors (Lipinski definition) is 12. The summed E-state index contributed by atoms with van der Waals surface area (Å²) >= 11 is 0. The normalized spacial score (nSPS) is 29.3. The lowest BCUT2D eigenvalue weighted by molar-refractivity contribution is -0.326. The Morgan fingerprint density at radius 3 is 2.12 bits per heavy atom. The second-order valence-electron chi connectivity index (χ2n) is 8.18. The zero-order valence-electron chi connectivity index (χ0n) is 18.6. The molecule has 0 aromatic rings. The number of unbranched alkanes of at least 4 members (excludes halogenated alkanes) is 5. The van der Waals surface area contributed by atoms with Crippen LogP contribution >= 0.6 is 0 Å². The number of hydrogen-bond donors (Lipinski definition) is 10. The lowest BCUT2D eigenvalue weighted by atomic mass is 9.98. The van der Waals surface area contributed by atoms with Crippen molar-refractivity contribution >= 4 is 5.91 Å². The average molecular weight is 485 g/mol. The fourth-order valence-corrected chi connectivity index (χ4v) is 3.46. The molecule has 13 nitrogen and oxygen atoms in total. The van der Waals surface area contributed by atoms with Crippen molar-refractivity contribution in [2.24, 2.45) is 5.73 Å². The lowest BCUT2D eigenvalue weighted by Gasteiger charge is -2.42. The number of ether oxygens (including phenoxy) is 2. The molecule has 1 fully saturated rings. The topological polar surface area (TPSA) is 235 Å². The van der Waals surface area contributed by atoms with Crippen LogP contribution in [0.15, 0.2) is 0 Å². The van der Waals surface area contributed by atoms with Crippen molar-refractivity contribution in [3.63, 3.8) is 0 Å². The highest BCUT2D eigenvalue weighted by Gasteiger charge is 2.47. The van der Waals surface area contributed by atoms with Crippen LogP contribution in [0.25, 0.3) is 0 Å². The first-order valence-corrected chi connectivity index (χ1v) is 11.3. The molecule has 13 heteroatoms. The second-order valence-corrected chi connectivity index (χ2v) is 8.18. The average Bonchev–Trinajstić information content (AvgIpc) is 2.82. The molecule has 1 heterocycles. The third-order valence-electron chi connectivity index (χ3n) is 5.56. The fourth-order valence-electron chi connectivity index (χ4n) is 3.46. The van der Waals surface area contributed by atoms with Gasteiger partial charge in [-0.2, -0.15) is 0 Å². The van der Waals surface area contributed by atoms with Gasteiger partial charge in [-0.3, -0.25) is 4.79 Å². The molecule has 33 heavy (non-hydrogen) atoms. The number of aliphatic hydroxyl groups is 8. The molecule has 11 N–H and O–H groups in total. The third-order valence-corrected chi connectivity index (χ3v) is 5.56. The number of carbonyl (C=O) groups excluding carboxylic acids is 1. The number of rotatable bonds is 16. The van der Waals surface area contributed by atoms with Gasteiger partial charge < -0.3 is 61.4 Å². The van der Waals surface area contributed by atoms with E-state index in [0.29, 0.717) is 13.0 Å².